The van der Waals surface area contributed by atoms with Crippen LogP contribution in [-0.4, -0.2) is 35.5 Å². The summed E-state index contributed by atoms with van der Waals surface area (Å²) in [5, 5.41) is 10.9. The maximum Gasteiger partial charge on any atom is 0.338 e. The molecule has 0 N–H and O–H groups in total. The van der Waals surface area contributed by atoms with Crippen LogP contribution in [0.15, 0.2) is 36.4 Å². The Morgan fingerprint density at radius 2 is 1.86 bits per heavy atom. The smallest absolute Gasteiger partial charge is 0.338 e. The molecule has 6 rings (SSSR count). The summed E-state index contributed by atoms with van der Waals surface area (Å²) in [6.45, 7) is 7.86. The molecule has 200 valence electrons. The molecule has 1 aromatic rings. The molecule has 0 bridgehead atoms. The molecular weight excluding hydrogens is 470 g/mol. The maximum atomic E-state index is 12.7. The van der Waals surface area contributed by atoms with Crippen LogP contribution >= 0.6 is 0 Å². The molecule has 0 radical (unpaired) electrons. The van der Waals surface area contributed by atoms with E-state index >= 15 is 0 Å². The number of hydrogen-bond acceptors (Lipinski definition) is 6. The van der Waals surface area contributed by atoms with Crippen molar-refractivity contribution in [3.63, 3.8) is 0 Å². The molecule has 3 aliphatic carbocycles. The fourth-order valence-corrected chi connectivity index (χ4v) is 8.35. The number of carbonyl (C=O) groups is 1. The highest BCUT2D eigenvalue weighted by Crippen LogP contribution is 2.62. The van der Waals surface area contributed by atoms with E-state index in [-0.39, 0.29) is 23.3 Å². The van der Waals surface area contributed by atoms with E-state index in [1.807, 2.05) is 0 Å². The summed E-state index contributed by atoms with van der Waals surface area (Å²) in [5.74, 6) is 2.15. The number of rotatable bonds is 3. The van der Waals surface area contributed by atoms with Crippen molar-refractivity contribution in [2.24, 2.45) is 40.9 Å². The number of nitro benzene ring substituents is 1. The number of allylic oxidation sites excluding steroid dienone is 1. The third-order valence-corrected chi connectivity index (χ3v) is 10.7. The number of nitrogens with zero attached hydrogens (tertiary/aromatic N) is 1. The Morgan fingerprint density at radius 3 is 2.57 bits per heavy atom. The van der Waals surface area contributed by atoms with Gasteiger partial charge in [-0.3, -0.25) is 10.1 Å². The quantitative estimate of drug-likeness (QED) is 0.205. The summed E-state index contributed by atoms with van der Waals surface area (Å²) in [7, 11) is 0. The van der Waals surface area contributed by atoms with Crippen molar-refractivity contribution in [1.29, 1.82) is 0 Å². The molecule has 2 saturated carbocycles. The minimum Gasteiger partial charge on any atom is -0.459 e. The normalized spacial score (nSPS) is 44.5. The van der Waals surface area contributed by atoms with Gasteiger partial charge in [0.25, 0.3) is 5.69 Å². The highest BCUT2D eigenvalue weighted by Gasteiger charge is 2.61. The molecular formula is C30H39NO6. The Labute approximate surface area is 219 Å². The van der Waals surface area contributed by atoms with Gasteiger partial charge in [-0.2, -0.15) is 0 Å². The maximum absolute atomic E-state index is 12.7. The standard InChI is InChI=1S/C30H39NO6/c1-18-12-15-30(35-17-18)19(2)24-10-11-26-25(27(24)37-30)9-6-21-16-23(13-14-29(21,26)3)36-28(32)20-4-7-22(8-5-20)31(33)34/h4-9,18-19,21,23-27H,10-17H2,1-3H3/t18-,19+,21-,23-,24-,25-,26+,27+,29-,30-/m0/s1. The number of non-ortho nitro benzene ring substituents is 1. The summed E-state index contributed by atoms with van der Waals surface area (Å²) in [6.07, 6.45) is 12.2. The zero-order valence-corrected chi connectivity index (χ0v) is 22.1. The van der Waals surface area contributed by atoms with Crippen LogP contribution in [0.5, 0.6) is 0 Å². The molecule has 2 aliphatic heterocycles. The number of carbonyl (C=O) groups excluding carboxylic acids is 1. The van der Waals surface area contributed by atoms with Crippen LogP contribution in [0.4, 0.5) is 5.69 Å². The van der Waals surface area contributed by atoms with Crippen LogP contribution in [0.2, 0.25) is 0 Å². The molecule has 2 saturated heterocycles. The number of fused-ring (bicyclic) bond motifs is 5. The lowest BCUT2D eigenvalue weighted by Crippen LogP contribution is -2.52. The third-order valence-electron chi connectivity index (χ3n) is 10.7. The zero-order chi connectivity index (χ0) is 25.9. The van der Waals surface area contributed by atoms with Crippen molar-refractivity contribution >= 4 is 11.7 Å². The second kappa shape index (κ2) is 9.19. The fraction of sp³-hybridized carbons (Fsp3) is 0.700. The molecule has 2 heterocycles. The lowest BCUT2D eigenvalue weighted by atomic mass is 9.50. The average molecular weight is 510 g/mol. The van der Waals surface area contributed by atoms with E-state index in [2.05, 4.69) is 32.9 Å². The predicted molar refractivity (Wildman–Crippen MR) is 138 cm³/mol. The third kappa shape index (κ3) is 4.13. The summed E-state index contributed by atoms with van der Waals surface area (Å²) < 4.78 is 19.2. The Morgan fingerprint density at radius 1 is 1.08 bits per heavy atom. The first kappa shape index (κ1) is 25.1. The van der Waals surface area contributed by atoms with E-state index in [4.69, 9.17) is 14.2 Å². The van der Waals surface area contributed by atoms with Crippen molar-refractivity contribution in [2.45, 2.75) is 83.7 Å². The van der Waals surface area contributed by atoms with Gasteiger partial charge in [0.2, 0.25) is 0 Å². The number of nitro groups is 1. The first-order valence-corrected chi connectivity index (χ1v) is 14.2. The second-order valence-corrected chi connectivity index (χ2v) is 12.7. The lowest BCUT2D eigenvalue weighted by Gasteiger charge is -2.55. The summed E-state index contributed by atoms with van der Waals surface area (Å²) in [6, 6.07) is 5.65. The summed E-state index contributed by atoms with van der Waals surface area (Å²) in [5.41, 5.74) is 0.500. The zero-order valence-electron chi connectivity index (χ0n) is 22.1. The van der Waals surface area contributed by atoms with Crippen molar-refractivity contribution in [2.75, 3.05) is 6.61 Å². The predicted octanol–water partition coefficient (Wildman–Crippen LogP) is 6.32. The fourth-order valence-electron chi connectivity index (χ4n) is 8.35. The van der Waals surface area contributed by atoms with Gasteiger partial charge in [-0.15, -0.1) is 0 Å². The topological polar surface area (TPSA) is 87.9 Å². The monoisotopic (exact) mass is 509 g/mol. The Bertz CT molecular complexity index is 1080. The van der Waals surface area contributed by atoms with Gasteiger partial charge in [-0.25, -0.2) is 4.79 Å². The van der Waals surface area contributed by atoms with E-state index in [0.717, 1.165) is 32.3 Å². The van der Waals surface area contributed by atoms with Crippen molar-refractivity contribution in [1.82, 2.24) is 0 Å². The van der Waals surface area contributed by atoms with Crippen LogP contribution in [0.25, 0.3) is 0 Å². The molecule has 7 nitrogen and oxygen atoms in total. The van der Waals surface area contributed by atoms with Gasteiger partial charge in [0, 0.05) is 30.4 Å². The highest BCUT2D eigenvalue weighted by atomic mass is 16.7. The van der Waals surface area contributed by atoms with E-state index < -0.39 is 16.7 Å². The van der Waals surface area contributed by atoms with Gasteiger partial charge >= 0.3 is 5.97 Å². The number of esters is 1. The number of hydrogen-bond donors (Lipinski definition) is 0. The Balaban J connectivity index is 1.14. The van der Waals surface area contributed by atoms with Gasteiger partial charge < -0.3 is 14.2 Å². The summed E-state index contributed by atoms with van der Waals surface area (Å²) in [4.78, 5) is 23.2. The van der Waals surface area contributed by atoms with E-state index in [1.54, 1.807) is 0 Å². The minimum absolute atomic E-state index is 0.0298. The largest absolute Gasteiger partial charge is 0.459 e. The molecule has 0 aromatic heterocycles. The number of ether oxygens (including phenoxy) is 3. The summed E-state index contributed by atoms with van der Waals surface area (Å²) >= 11 is 0. The van der Waals surface area contributed by atoms with Gasteiger partial charge in [0.05, 0.1) is 23.2 Å². The van der Waals surface area contributed by atoms with Crippen molar-refractivity contribution in [3.8, 4) is 0 Å². The SMILES string of the molecule is C[C@H]1CC[C@]2(OC1)O[C@H]1[C@H]3C=C[C@H]4C[C@@H](OC(=O)c5ccc([N+](=O)[O-])cc5)CC[C@]4(C)[C@@H]3CC[C@H]1[C@H]2C. The first-order chi connectivity index (χ1) is 17.7. The Hall–Kier alpha value is -2.25. The van der Waals surface area contributed by atoms with Crippen LogP contribution < -0.4 is 0 Å². The average Bonchev–Trinajstić information content (AvgIpc) is 3.17. The van der Waals surface area contributed by atoms with Gasteiger partial charge in [0.15, 0.2) is 5.79 Å². The molecule has 0 unspecified atom stereocenters. The van der Waals surface area contributed by atoms with Crippen LogP contribution in [-0.2, 0) is 14.2 Å². The Kier molecular flexibility index (Phi) is 6.22. The van der Waals surface area contributed by atoms with E-state index in [1.165, 1.54) is 43.5 Å². The van der Waals surface area contributed by atoms with Crippen LogP contribution in [0, 0.1) is 51.0 Å². The minimum atomic E-state index is -0.465. The molecule has 37 heavy (non-hydrogen) atoms. The highest BCUT2D eigenvalue weighted by molar-refractivity contribution is 5.89. The van der Waals surface area contributed by atoms with Gasteiger partial charge in [0.1, 0.15) is 6.10 Å². The molecule has 1 spiro atoms. The van der Waals surface area contributed by atoms with Crippen LogP contribution in [0.1, 0.15) is 76.1 Å². The van der Waals surface area contributed by atoms with E-state index in [0.29, 0.717) is 41.1 Å². The lowest BCUT2D eigenvalue weighted by molar-refractivity contribution is -0.384. The molecule has 10 atom stereocenters. The van der Waals surface area contributed by atoms with Crippen LogP contribution in [0.3, 0.4) is 0 Å². The number of benzene rings is 1. The first-order valence-electron chi connectivity index (χ1n) is 14.2. The van der Waals surface area contributed by atoms with E-state index in [9.17, 15) is 14.9 Å². The molecule has 7 heteroatoms. The second-order valence-electron chi connectivity index (χ2n) is 12.7. The van der Waals surface area contributed by atoms with Gasteiger partial charge in [-0.05, 0) is 79.7 Å². The van der Waals surface area contributed by atoms with Crippen molar-refractivity contribution in [3.05, 3.63) is 52.1 Å². The van der Waals surface area contributed by atoms with Gasteiger partial charge in [-0.1, -0.05) is 32.9 Å². The molecule has 5 aliphatic rings. The molecule has 0 amide bonds. The van der Waals surface area contributed by atoms with Crippen molar-refractivity contribution < 1.29 is 23.9 Å². The molecule has 4 fully saturated rings. The molecule has 1 aromatic carbocycles.